The number of hydrogen-bond donors (Lipinski definition) is 0. The summed E-state index contributed by atoms with van der Waals surface area (Å²) in [6.45, 7) is 4.81. The molecule has 1 aliphatic rings. The molecule has 5 nitrogen and oxygen atoms in total. The van der Waals surface area contributed by atoms with Crippen LogP contribution in [0.3, 0.4) is 0 Å². The van der Waals surface area contributed by atoms with Crippen molar-refractivity contribution in [2.24, 2.45) is 0 Å². The van der Waals surface area contributed by atoms with E-state index >= 15 is 0 Å². The fourth-order valence-electron chi connectivity index (χ4n) is 1.80. The van der Waals surface area contributed by atoms with Crippen LogP contribution in [-0.2, 0) is 9.84 Å². The van der Waals surface area contributed by atoms with E-state index in [1.807, 2.05) is 24.8 Å². The summed E-state index contributed by atoms with van der Waals surface area (Å²) in [5.41, 5.74) is 0.913. The third-order valence-corrected chi connectivity index (χ3v) is 4.23. The topological polar surface area (TPSA) is 63.2 Å². The van der Waals surface area contributed by atoms with Crippen molar-refractivity contribution in [2.75, 3.05) is 29.5 Å². The monoisotopic (exact) mass is 241 g/mol. The number of aryl methyl sites for hydroxylation is 2. The van der Waals surface area contributed by atoms with Crippen molar-refractivity contribution in [1.29, 1.82) is 0 Å². The lowest BCUT2D eigenvalue weighted by molar-refractivity contribution is 0.586. The molecule has 1 aromatic heterocycles. The molecule has 0 spiro atoms. The number of aromatic nitrogens is 2. The van der Waals surface area contributed by atoms with Gasteiger partial charge in [0.05, 0.1) is 11.5 Å². The van der Waals surface area contributed by atoms with Crippen molar-refractivity contribution in [2.45, 2.75) is 13.8 Å². The molecule has 0 atom stereocenters. The lowest BCUT2D eigenvalue weighted by Gasteiger charge is -2.27. The second-order valence-corrected chi connectivity index (χ2v) is 6.36. The van der Waals surface area contributed by atoms with E-state index < -0.39 is 9.84 Å². The zero-order chi connectivity index (χ0) is 11.8. The van der Waals surface area contributed by atoms with E-state index in [1.165, 1.54) is 0 Å². The maximum Gasteiger partial charge on any atom is 0.153 e. The zero-order valence-corrected chi connectivity index (χ0v) is 10.3. The molecule has 1 saturated heterocycles. The van der Waals surface area contributed by atoms with Gasteiger partial charge >= 0.3 is 0 Å². The van der Waals surface area contributed by atoms with Gasteiger partial charge in [-0.25, -0.2) is 18.4 Å². The van der Waals surface area contributed by atoms with Gasteiger partial charge in [-0.05, 0) is 13.8 Å². The minimum absolute atomic E-state index is 0.217. The molecule has 0 saturated carbocycles. The summed E-state index contributed by atoms with van der Waals surface area (Å²) in [5.74, 6) is 1.99. The molecule has 1 aliphatic heterocycles. The van der Waals surface area contributed by atoms with Crippen LogP contribution in [0.25, 0.3) is 0 Å². The molecule has 1 fully saturated rings. The van der Waals surface area contributed by atoms with E-state index in [0.717, 1.165) is 17.3 Å². The Morgan fingerprint density at radius 2 is 1.81 bits per heavy atom. The molecule has 2 heterocycles. The Labute approximate surface area is 95.4 Å². The molecule has 88 valence electrons. The fraction of sp³-hybridized carbons (Fsp3) is 0.600. The third-order valence-electron chi connectivity index (χ3n) is 2.62. The first-order valence-corrected chi connectivity index (χ1v) is 7.06. The van der Waals surface area contributed by atoms with Crippen molar-refractivity contribution in [3.05, 3.63) is 17.6 Å². The molecule has 0 aromatic carbocycles. The van der Waals surface area contributed by atoms with E-state index in [-0.39, 0.29) is 11.5 Å². The average molecular weight is 241 g/mol. The van der Waals surface area contributed by atoms with E-state index in [1.54, 1.807) is 0 Å². The van der Waals surface area contributed by atoms with Crippen molar-refractivity contribution in [3.63, 3.8) is 0 Å². The molecule has 16 heavy (non-hydrogen) atoms. The van der Waals surface area contributed by atoms with E-state index in [2.05, 4.69) is 9.97 Å². The zero-order valence-electron chi connectivity index (χ0n) is 9.47. The van der Waals surface area contributed by atoms with Gasteiger partial charge in [-0.2, -0.15) is 0 Å². The van der Waals surface area contributed by atoms with Crippen LogP contribution in [0.4, 0.5) is 5.82 Å². The summed E-state index contributed by atoms with van der Waals surface area (Å²) in [6, 6.07) is 1.89. The number of nitrogens with zero attached hydrogens (tertiary/aromatic N) is 3. The highest BCUT2D eigenvalue weighted by molar-refractivity contribution is 7.91. The van der Waals surface area contributed by atoms with Crippen LogP contribution >= 0.6 is 0 Å². The van der Waals surface area contributed by atoms with Crippen molar-refractivity contribution < 1.29 is 8.42 Å². The summed E-state index contributed by atoms with van der Waals surface area (Å²) in [4.78, 5) is 10.5. The summed E-state index contributed by atoms with van der Waals surface area (Å²) < 4.78 is 22.6. The highest BCUT2D eigenvalue weighted by Gasteiger charge is 2.22. The molecular weight excluding hydrogens is 226 g/mol. The molecule has 1 aromatic rings. The fourth-order valence-corrected chi connectivity index (χ4v) is 3.00. The van der Waals surface area contributed by atoms with Gasteiger partial charge in [0, 0.05) is 24.8 Å². The second-order valence-electron chi connectivity index (χ2n) is 4.05. The maximum atomic E-state index is 11.3. The van der Waals surface area contributed by atoms with Crippen LogP contribution < -0.4 is 4.90 Å². The van der Waals surface area contributed by atoms with Crippen molar-refractivity contribution in [3.8, 4) is 0 Å². The number of hydrogen-bond acceptors (Lipinski definition) is 5. The molecule has 0 radical (unpaired) electrons. The first-order valence-electron chi connectivity index (χ1n) is 5.24. The predicted octanol–water partition coefficient (Wildman–Crippen LogP) is 0.328. The predicted molar refractivity (Wildman–Crippen MR) is 62.4 cm³/mol. The molecule has 0 unspecified atom stereocenters. The summed E-state index contributed by atoms with van der Waals surface area (Å²) >= 11 is 0. The van der Waals surface area contributed by atoms with Crippen LogP contribution in [-0.4, -0.2) is 43.0 Å². The second kappa shape index (κ2) is 4.01. The Hall–Kier alpha value is -1.17. The highest BCUT2D eigenvalue weighted by atomic mass is 32.2. The lowest BCUT2D eigenvalue weighted by Crippen LogP contribution is -2.40. The van der Waals surface area contributed by atoms with E-state index in [4.69, 9.17) is 0 Å². The number of sulfone groups is 1. The van der Waals surface area contributed by atoms with Crippen LogP contribution in [0.1, 0.15) is 11.5 Å². The lowest BCUT2D eigenvalue weighted by atomic mass is 10.3. The third kappa shape index (κ3) is 2.49. The van der Waals surface area contributed by atoms with E-state index in [0.29, 0.717) is 13.1 Å². The SMILES string of the molecule is Cc1cc(N2CCS(=O)(=O)CC2)nc(C)n1. The Morgan fingerprint density at radius 3 is 2.38 bits per heavy atom. The van der Waals surface area contributed by atoms with Gasteiger partial charge in [-0.1, -0.05) is 0 Å². The first kappa shape index (κ1) is 11.3. The molecule has 6 heteroatoms. The maximum absolute atomic E-state index is 11.3. The molecule has 0 amide bonds. The first-order chi connectivity index (χ1) is 7.46. The van der Waals surface area contributed by atoms with Gasteiger partial charge in [0.15, 0.2) is 9.84 Å². The van der Waals surface area contributed by atoms with Crippen LogP contribution in [0.15, 0.2) is 6.07 Å². The molecule has 0 N–H and O–H groups in total. The standard InChI is InChI=1S/C10H15N3O2S/c1-8-7-10(12-9(2)11-8)13-3-5-16(14,15)6-4-13/h7H,3-6H2,1-2H3. The molecule has 0 aliphatic carbocycles. The minimum atomic E-state index is -2.83. The normalized spacial score (nSPS) is 19.8. The molecule has 2 rings (SSSR count). The van der Waals surface area contributed by atoms with Crippen LogP contribution in [0, 0.1) is 13.8 Å². The van der Waals surface area contributed by atoms with E-state index in [9.17, 15) is 8.42 Å². The number of rotatable bonds is 1. The Balaban J connectivity index is 2.20. The van der Waals surface area contributed by atoms with Gasteiger partial charge in [0.2, 0.25) is 0 Å². The Bertz CT molecular complexity index is 465. The minimum Gasteiger partial charge on any atom is -0.354 e. The van der Waals surface area contributed by atoms with Gasteiger partial charge in [-0.15, -0.1) is 0 Å². The van der Waals surface area contributed by atoms with Gasteiger partial charge in [-0.3, -0.25) is 0 Å². The van der Waals surface area contributed by atoms with Gasteiger partial charge in [0.1, 0.15) is 11.6 Å². The van der Waals surface area contributed by atoms with Crippen LogP contribution in [0.2, 0.25) is 0 Å². The summed E-state index contributed by atoms with van der Waals surface area (Å²) in [7, 11) is -2.83. The smallest absolute Gasteiger partial charge is 0.153 e. The Kier molecular flexibility index (Phi) is 2.84. The molecular formula is C10H15N3O2S. The largest absolute Gasteiger partial charge is 0.354 e. The van der Waals surface area contributed by atoms with Crippen molar-refractivity contribution >= 4 is 15.7 Å². The average Bonchev–Trinajstić information content (AvgIpc) is 2.15. The highest BCUT2D eigenvalue weighted by Crippen LogP contribution is 2.15. The Morgan fingerprint density at radius 1 is 1.19 bits per heavy atom. The van der Waals surface area contributed by atoms with Gasteiger partial charge in [0.25, 0.3) is 0 Å². The number of anilines is 1. The summed E-state index contributed by atoms with van der Waals surface area (Å²) in [5, 5.41) is 0. The van der Waals surface area contributed by atoms with Crippen molar-refractivity contribution in [1.82, 2.24) is 9.97 Å². The molecule has 0 bridgehead atoms. The van der Waals surface area contributed by atoms with Gasteiger partial charge < -0.3 is 4.90 Å². The quantitative estimate of drug-likeness (QED) is 0.709. The summed E-state index contributed by atoms with van der Waals surface area (Å²) in [6.07, 6.45) is 0. The van der Waals surface area contributed by atoms with Crippen LogP contribution in [0.5, 0.6) is 0 Å².